The number of nitrogens with one attached hydrogen (secondary N) is 2. The second-order valence-electron chi connectivity index (χ2n) is 7.00. The Bertz CT molecular complexity index is 851. The van der Waals surface area contributed by atoms with Crippen LogP contribution in [0.1, 0.15) is 37.5 Å². The number of sulfonamides is 1. The van der Waals surface area contributed by atoms with Crippen LogP contribution in [0.4, 0.5) is 0 Å². The molecule has 0 aliphatic rings. The predicted molar refractivity (Wildman–Crippen MR) is 116 cm³/mol. The highest BCUT2D eigenvalue weighted by Gasteiger charge is 2.14. The van der Waals surface area contributed by atoms with Gasteiger partial charge < -0.3 is 5.32 Å². The summed E-state index contributed by atoms with van der Waals surface area (Å²) in [4.78, 5) is 12.3. The lowest BCUT2D eigenvalue weighted by Crippen LogP contribution is -2.31. The van der Waals surface area contributed by atoms with Gasteiger partial charge in [0.15, 0.2) is 0 Å². The minimum Gasteiger partial charge on any atom is -0.351 e. The molecule has 152 valence electrons. The Balaban J connectivity index is 1.79. The van der Waals surface area contributed by atoms with Crippen LogP contribution >= 0.6 is 11.8 Å². The van der Waals surface area contributed by atoms with E-state index in [0.717, 1.165) is 16.9 Å². The molecular formula is C21H28N2O3S2. The molecule has 0 aliphatic carbocycles. The second kappa shape index (κ2) is 10.6. The molecule has 1 amide bonds. The third-order valence-electron chi connectivity index (χ3n) is 3.97. The number of amides is 1. The Morgan fingerprint density at radius 1 is 0.929 bits per heavy atom. The summed E-state index contributed by atoms with van der Waals surface area (Å²) in [5.41, 5.74) is 2.85. The SMILES string of the molecule is CC(C)NS(=O)(=O)Cc1ccc(CNC(=O)C(C)SCc2ccccc2)cc1. The van der Waals surface area contributed by atoms with Crippen LogP contribution in [0, 0.1) is 0 Å². The molecule has 0 bridgehead atoms. The highest BCUT2D eigenvalue weighted by atomic mass is 32.2. The van der Waals surface area contributed by atoms with Crippen LogP contribution in [0.2, 0.25) is 0 Å². The quantitative estimate of drug-likeness (QED) is 0.617. The normalized spacial score (nSPS) is 12.7. The standard InChI is InChI=1S/C21H28N2O3S2/c1-16(2)23-28(25,26)15-20-11-9-18(10-12-20)13-22-21(24)17(3)27-14-19-7-5-4-6-8-19/h4-12,16-17,23H,13-15H2,1-3H3,(H,22,24). The number of carbonyl (C=O) groups is 1. The zero-order chi connectivity index (χ0) is 20.6. The van der Waals surface area contributed by atoms with Crippen molar-refractivity contribution < 1.29 is 13.2 Å². The summed E-state index contributed by atoms with van der Waals surface area (Å²) in [6.07, 6.45) is 0. The summed E-state index contributed by atoms with van der Waals surface area (Å²) >= 11 is 1.60. The van der Waals surface area contributed by atoms with Crippen LogP contribution in [0.3, 0.4) is 0 Å². The van der Waals surface area contributed by atoms with E-state index in [9.17, 15) is 13.2 Å². The summed E-state index contributed by atoms with van der Waals surface area (Å²) in [7, 11) is -3.34. The van der Waals surface area contributed by atoms with Crippen molar-refractivity contribution in [2.24, 2.45) is 0 Å². The van der Waals surface area contributed by atoms with Crippen molar-refractivity contribution in [2.45, 2.75) is 50.1 Å². The maximum atomic E-state index is 12.3. The van der Waals surface area contributed by atoms with Gasteiger partial charge in [-0.2, -0.15) is 0 Å². The van der Waals surface area contributed by atoms with Gasteiger partial charge in [-0.15, -0.1) is 11.8 Å². The molecule has 28 heavy (non-hydrogen) atoms. The number of thioether (sulfide) groups is 1. The number of benzene rings is 2. The van der Waals surface area contributed by atoms with Crippen LogP contribution < -0.4 is 10.0 Å². The van der Waals surface area contributed by atoms with Gasteiger partial charge in [-0.25, -0.2) is 13.1 Å². The molecule has 5 nitrogen and oxygen atoms in total. The zero-order valence-electron chi connectivity index (χ0n) is 16.5. The smallest absolute Gasteiger partial charge is 0.233 e. The first-order valence-corrected chi connectivity index (χ1v) is 12.0. The van der Waals surface area contributed by atoms with Gasteiger partial charge in [0.25, 0.3) is 0 Å². The van der Waals surface area contributed by atoms with Gasteiger partial charge >= 0.3 is 0 Å². The van der Waals surface area contributed by atoms with Crippen molar-refractivity contribution >= 4 is 27.7 Å². The van der Waals surface area contributed by atoms with Gasteiger partial charge in [0.2, 0.25) is 15.9 Å². The Morgan fingerprint density at radius 2 is 1.54 bits per heavy atom. The molecule has 0 radical (unpaired) electrons. The largest absolute Gasteiger partial charge is 0.351 e. The van der Waals surface area contributed by atoms with Crippen LogP contribution in [0.15, 0.2) is 54.6 Å². The van der Waals surface area contributed by atoms with Crippen LogP contribution in [-0.4, -0.2) is 25.6 Å². The topological polar surface area (TPSA) is 75.3 Å². The monoisotopic (exact) mass is 420 g/mol. The maximum Gasteiger partial charge on any atom is 0.233 e. The van der Waals surface area contributed by atoms with E-state index in [-0.39, 0.29) is 23.0 Å². The third-order valence-corrected chi connectivity index (χ3v) is 6.73. The number of carbonyl (C=O) groups excluding carboxylic acids is 1. The molecule has 2 aromatic rings. The van der Waals surface area contributed by atoms with E-state index in [0.29, 0.717) is 6.54 Å². The number of hydrogen-bond donors (Lipinski definition) is 2. The molecule has 0 heterocycles. The molecule has 0 aliphatic heterocycles. The van der Waals surface area contributed by atoms with E-state index in [1.807, 2.05) is 37.3 Å². The molecule has 2 aromatic carbocycles. The molecule has 1 atom stereocenters. The molecule has 7 heteroatoms. The summed E-state index contributed by atoms with van der Waals surface area (Å²) in [5, 5.41) is 2.79. The first-order valence-electron chi connectivity index (χ1n) is 9.26. The van der Waals surface area contributed by atoms with Crippen molar-refractivity contribution in [1.29, 1.82) is 0 Å². The molecule has 0 spiro atoms. The minimum atomic E-state index is -3.34. The Morgan fingerprint density at radius 3 is 2.14 bits per heavy atom. The Kier molecular flexibility index (Phi) is 8.54. The lowest BCUT2D eigenvalue weighted by atomic mass is 10.1. The fraction of sp³-hybridized carbons (Fsp3) is 0.381. The van der Waals surface area contributed by atoms with Crippen molar-refractivity contribution in [3.8, 4) is 0 Å². The lowest BCUT2D eigenvalue weighted by Gasteiger charge is -2.13. The molecule has 0 saturated carbocycles. The fourth-order valence-corrected chi connectivity index (χ4v) is 4.88. The van der Waals surface area contributed by atoms with Crippen LogP contribution in [-0.2, 0) is 32.9 Å². The van der Waals surface area contributed by atoms with Crippen molar-refractivity contribution in [2.75, 3.05) is 0 Å². The predicted octanol–water partition coefficient (Wildman–Crippen LogP) is 3.45. The average molecular weight is 421 g/mol. The van der Waals surface area contributed by atoms with Gasteiger partial charge in [0.05, 0.1) is 11.0 Å². The van der Waals surface area contributed by atoms with Crippen molar-refractivity contribution in [3.63, 3.8) is 0 Å². The van der Waals surface area contributed by atoms with E-state index in [4.69, 9.17) is 0 Å². The molecule has 2 N–H and O–H groups in total. The summed E-state index contributed by atoms with van der Waals surface area (Å²) in [6, 6.07) is 17.2. The Labute approximate surface area is 172 Å². The third kappa shape index (κ3) is 8.04. The first-order chi connectivity index (χ1) is 13.2. The molecule has 1 unspecified atom stereocenters. The zero-order valence-corrected chi connectivity index (χ0v) is 18.1. The van der Waals surface area contributed by atoms with Gasteiger partial charge in [0.1, 0.15) is 0 Å². The summed E-state index contributed by atoms with van der Waals surface area (Å²) in [6.45, 7) is 5.91. The second-order valence-corrected chi connectivity index (χ2v) is 10.1. The average Bonchev–Trinajstić information content (AvgIpc) is 2.64. The van der Waals surface area contributed by atoms with Crippen molar-refractivity contribution in [3.05, 3.63) is 71.3 Å². The van der Waals surface area contributed by atoms with Gasteiger partial charge in [0, 0.05) is 18.3 Å². The van der Waals surface area contributed by atoms with Crippen LogP contribution in [0.5, 0.6) is 0 Å². The molecule has 0 fully saturated rings. The maximum absolute atomic E-state index is 12.3. The van der Waals surface area contributed by atoms with E-state index in [2.05, 4.69) is 22.2 Å². The summed E-state index contributed by atoms with van der Waals surface area (Å²) in [5.74, 6) is 0.738. The van der Waals surface area contributed by atoms with Crippen LogP contribution in [0.25, 0.3) is 0 Å². The molecular weight excluding hydrogens is 392 g/mol. The highest BCUT2D eigenvalue weighted by molar-refractivity contribution is 7.99. The van der Waals surface area contributed by atoms with Gasteiger partial charge in [-0.3, -0.25) is 4.79 Å². The number of rotatable bonds is 10. The highest BCUT2D eigenvalue weighted by Crippen LogP contribution is 2.17. The number of hydrogen-bond acceptors (Lipinski definition) is 4. The molecule has 2 rings (SSSR count). The fourth-order valence-electron chi connectivity index (χ4n) is 2.58. The van der Waals surface area contributed by atoms with Gasteiger partial charge in [-0.1, -0.05) is 54.6 Å². The van der Waals surface area contributed by atoms with E-state index in [1.165, 1.54) is 5.56 Å². The van der Waals surface area contributed by atoms with Gasteiger partial charge in [-0.05, 0) is 37.5 Å². The van der Waals surface area contributed by atoms with Crippen molar-refractivity contribution in [1.82, 2.24) is 10.0 Å². The summed E-state index contributed by atoms with van der Waals surface area (Å²) < 4.78 is 26.5. The lowest BCUT2D eigenvalue weighted by molar-refractivity contribution is -0.120. The molecule has 0 aromatic heterocycles. The Hall–Kier alpha value is -1.83. The first kappa shape index (κ1) is 22.5. The van der Waals surface area contributed by atoms with E-state index >= 15 is 0 Å². The van der Waals surface area contributed by atoms with E-state index < -0.39 is 10.0 Å². The minimum absolute atomic E-state index is 0.00582. The molecule has 0 saturated heterocycles. The van der Waals surface area contributed by atoms with E-state index in [1.54, 1.807) is 37.7 Å².